The first kappa shape index (κ1) is 17.1. The van der Waals surface area contributed by atoms with Crippen LogP contribution in [0, 0.1) is 23.2 Å². The molecule has 5 atom stereocenters. The fourth-order valence-electron chi connectivity index (χ4n) is 5.14. The van der Waals surface area contributed by atoms with Gasteiger partial charge in [-0.2, -0.15) is 0 Å². The summed E-state index contributed by atoms with van der Waals surface area (Å²) in [5.74, 6) is 1.04. The molecule has 2 unspecified atom stereocenters. The average molecular weight is 342 g/mol. The number of hydrogen-bond donors (Lipinski definition) is 1. The molecule has 0 spiro atoms. The minimum atomic E-state index is -0.435. The number of ether oxygens (including phenoxy) is 1. The summed E-state index contributed by atoms with van der Waals surface area (Å²) in [5, 5.41) is 2.87. The van der Waals surface area contributed by atoms with Crippen LogP contribution in [-0.2, 0) is 14.3 Å². The zero-order valence-corrected chi connectivity index (χ0v) is 15.1. The SMILES string of the molecule is CC(C)[C@@H](C)NC(=O)COC(=O)C12C[C@@H]3C[C@@H](CC(Cl)(C3)C1)C2. The van der Waals surface area contributed by atoms with E-state index in [0.717, 1.165) is 32.1 Å². The van der Waals surface area contributed by atoms with E-state index in [2.05, 4.69) is 5.32 Å². The van der Waals surface area contributed by atoms with Crippen molar-refractivity contribution in [3.63, 3.8) is 0 Å². The highest BCUT2D eigenvalue weighted by Crippen LogP contribution is 2.64. The topological polar surface area (TPSA) is 55.4 Å². The number of carbonyl (C=O) groups excluding carboxylic acids is 2. The van der Waals surface area contributed by atoms with Crippen molar-refractivity contribution in [3.05, 3.63) is 0 Å². The largest absolute Gasteiger partial charge is 0.455 e. The Morgan fingerprint density at radius 2 is 1.78 bits per heavy atom. The van der Waals surface area contributed by atoms with Crippen LogP contribution in [0.4, 0.5) is 0 Å². The molecule has 0 radical (unpaired) electrons. The van der Waals surface area contributed by atoms with Gasteiger partial charge in [-0.05, 0) is 63.2 Å². The Balaban J connectivity index is 1.57. The van der Waals surface area contributed by atoms with Gasteiger partial charge in [-0.1, -0.05) is 13.8 Å². The van der Waals surface area contributed by atoms with Crippen molar-refractivity contribution in [1.29, 1.82) is 0 Å². The zero-order chi connectivity index (χ0) is 16.8. The zero-order valence-electron chi connectivity index (χ0n) is 14.4. The van der Waals surface area contributed by atoms with E-state index in [-0.39, 0.29) is 29.4 Å². The molecule has 4 aliphatic rings. The van der Waals surface area contributed by atoms with E-state index in [1.54, 1.807) is 0 Å². The van der Waals surface area contributed by atoms with Crippen molar-refractivity contribution in [2.45, 2.75) is 70.2 Å². The molecule has 4 nitrogen and oxygen atoms in total. The number of carbonyl (C=O) groups is 2. The van der Waals surface area contributed by atoms with Crippen LogP contribution in [0.1, 0.15) is 59.3 Å². The quantitative estimate of drug-likeness (QED) is 0.616. The van der Waals surface area contributed by atoms with Crippen molar-refractivity contribution >= 4 is 23.5 Å². The van der Waals surface area contributed by atoms with Gasteiger partial charge < -0.3 is 10.1 Å². The number of halogens is 1. The Labute approximate surface area is 143 Å². The molecule has 4 fully saturated rings. The fraction of sp³-hybridized carbons (Fsp3) is 0.889. The van der Waals surface area contributed by atoms with Crippen LogP contribution in [0.25, 0.3) is 0 Å². The third kappa shape index (κ3) is 3.38. The van der Waals surface area contributed by atoms with E-state index in [0.29, 0.717) is 17.8 Å². The first-order valence-electron chi connectivity index (χ1n) is 8.87. The molecular formula is C18H28ClNO3. The van der Waals surface area contributed by atoms with Crippen LogP contribution in [0.3, 0.4) is 0 Å². The highest BCUT2D eigenvalue weighted by atomic mass is 35.5. The predicted molar refractivity (Wildman–Crippen MR) is 89.1 cm³/mol. The van der Waals surface area contributed by atoms with Gasteiger partial charge in [0.1, 0.15) is 0 Å². The Morgan fingerprint density at radius 3 is 2.30 bits per heavy atom. The van der Waals surface area contributed by atoms with E-state index < -0.39 is 5.41 Å². The lowest BCUT2D eigenvalue weighted by Crippen LogP contribution is -2.56. The van der Waals surface area contributed by atoms with Gasteiger partial charge in [0.05, 0.1) is 5.41 Å². The molecule has 4 bridgehead atoms. The van der Waals surface area contributed by atoms with Crippen LogP contribution in [0.2, 0.25) is 0 Å². The lowest BCUT2D eigenvalue weighted by molar-refractivity contribution is -0.171. The number of rotatable bonds is 5. The molecule has 23 heavy (non-hydrogen) atoms. The number of amides is 1. The summed E-state index contributed by atoms with van der Waals surface area (Å²) in [4.78, 5) is 24.4. The van der Waals surface area contributed by atoms with E-state index in [1.807, 2.05) is 20.8 Å². The van der Waals surface area contributed by atoms with Crippen LogP contribution in [0.15, 0.2) is 0 Å². The minimum absolute atomic E-state index is 0.0758. The van der Waals surface area contributed by atoms with Crippen LogP contribution in [-0.4, -0.2) is 29.4 Å². The summed E-state index contributed by atoms with van der Waals surface area (Å²) in [6.07, 6.45) is 5.77. The normalized spacial score (nSPS) is 39.3. The Hall–Kier alpha value is -0.770. The van der Waals surface area contributed by atoms with Gasteiger partial charge in [-0.15, -0.1) is 11.6 Å². The van der Waals surface area contributed by atoms with Gasteiger partial charge in [0.15, 0.2) is 6.61 Å². The van der Waals surface area contributed by atoms with E-state index in [1.165, 1.54) is 6.42 Å². The Morgan fingerprint density at radius 1 is 1.17 bits per heavy atom. The maximum atomic E-state index is 12.7. The summed E-state index contributed by atoms with van der Waals surface area (Å²) in [5.41, 5.74) is -0.435. The molecule has 5 heteroatoms. The second kappa shape index (κ2) is 5.94. The third-order valence-electron chi connectivity index (χ3n) is 6.15. The average Bonchev–Trinajstić information content (AvgIpc) is 2.41. The third-order valence-corrected chi connectivity index (χ3v) is 6.59. The van der Waals surface area contributed by atoms with Crippen molar-refractivity contribution in [2.75, 3.05) is 6.61 Å². The highest BCUT2D eigenvalue weighted by Gasteiger charge is 2.60. The minimum Gasteiger partial charge on any atom is -0.455 e. The first-order chi connectivity index (χ1) is 10.7. The van der Waals surface area contributed by atoms with Crippen LogP contribution < -0.4 is 5.32 Å². The second-order valence-electron chi connectivity index (χ2n) is 8.57. The van der Waals surface area contributed by atoms with Crippen LogP contribution >= 0.6 is 11.6 Å². The predicted octanol–water partition coefficient (Wildman–Crippen LogP) is 3.27. The monoisotopic (exact) mass is 341 g/mol. The van der Waals surface area contributed by atoms with Gasteiger partial charge >= 0.3 is 5.97 Å². The summed E-state index contributed by atoms with van der Waals surface area (Å²) in [6, 6.07) is 0.0758. The van der Waals surface area contributed by atoms with E-state index >= 15 is 0 Å². The Bertz CT molecular complexity index is 490. The highest BCUT2D eigenvalue weighted by molar-refractivity contribution is 6.24. The van der Waals surface area contributed by atoms with E-state index in [4.69, 9.17) is 16.3 Å². The van der Waals surface area contributed by atoms with Crippen molar-refractivity contribution < 1.29 is 14.3 Å². The summed E-state index contributed by atoms with van der Waals surface area (Å²) in [7, 11) is 0. The molecule has 0 aromatic heterocycles. The first-order valence-corrected chi connectivity index (χ1v) is 9.25. The van der Waals surface area contributed by atoms with Gasteiger partial charge in [0, 0.05) is 10.9 Å². The summed E-state index contributed by atoms with van der Waals surface area (Å²) >= 11 is 6.74. The van der Waals surface area contributed by atoms with Crippen molar-refractivity contribution in [3.8, 4) is 0 Å². The van der Waals surface area contributed by atoms with Crippen molar-refractivity contribution in [1.82, 2.24) is 5.32 Å². The molecule has 0 saturated heterocycles. The summed E-state index contributed by atoms with van der Waals surface area (Å²) < 4.78 is 5.40. The molecule has 4 saturated carbocycles. The lowest BCUT2D eigenvalue weighted by atomic mass is 9.49. The molecule has 0 aromatic rings. The van der Waals surface area contributed by atoms with Gasteiger partial charge in [0.25, 0.3) is 5.91 Å². The van der Waals surface area contributed by atoms with Gasteiger partial charge in [0.2, 0.25) is 0 Å². The van der Waals surface area contributed by atoms with E-state index in [9.17, 15) is 9.59 Å². The molecule has 0 aliphatic heterocycles. The number of esters is 1. The fourth-order valence-corrected chi connectivity index (χ4v) is 5.83. The number of nitrogens with one attached hydrogen (secondary N) is 1. The van der Waals surface area contributed by atoms with Crippen LogP contribution in [0.5, 0.6) is 0 Å². The standard InChI is InChI=1S/C18H28ClNO3/c1-11(2)12(3)20-15(21)9-23-16(22)17-5-13-4-14(6-17)8-18(19,7-13)10-17/h11-14H,4-10H2,1-3H3,(H,20,21)/t12-,13-,14+,17?,18?/m1/s1. The molecule has 0 aromatic carbocycles. The molecule has 130 valence electrons. The molecule has 4 rings (SSSR count). The van der Waals surface area contributed by atoms with Gasteiger partial charge in [-0.25, -0.2) is 0 Å². The molecule has 1 N–H and O–H groups in total. The second-order valence-corrected chi connectivity index (χ2v) is 9.37. The maximum absolute atomic E-state index is 12.7. The number of alkyl halides is 1. The molecule has 4 aliphatic carbocycles. The summed E-state index contributed by atoms with van der Waals surface area (Å²) in [6.45, 7) is 5.88. The lowest BCUT2D eigenvalue weighted by Gasteiger charge is -2.58. The van der Waals surface area contributed by atoms with Crippen molar-refractivity contribution in [2.24, 2.45) is 23.2 Å². The van der Waals surface area contributed by atoms with Gasteiger partial charge in [-0.3, -0.25) is 9.59 Å². The molecule has 1 amide bonds. The molecular weight excluding hydrogens is 314 g/mol. The Kier molecular flexibility index (Phi) is 4.41. The smallest absolute Gasteiger partial charge is 0.312 e. The molecule has 0 heterocycles. The number of hydrogen-bond acceptors (Lipinski definition) is 3. The maximum Gasteiger partial charge on any atom is 0.312 e.